The molecule has 0 radical (unpaired) electrons. The van der Waals surface area contributed by atoms with Crippen molar-refractivity contribution in [2.24, 2.45) is 0 Å². The molecule has 3 heteroatoms. The Morgan fingerprint density at radius 3 is 2.94 bits per heavy atom. The molecule has 0 saturated carbocycles. The van der Waals surface area contributed by atoms with Crippen LogP contribution in [0.15, 0.2) is 36.5 Å². The highest BCUT2D eigenvalue weighted by Gasteiger charge is 2.33. The highest BCUT2D eigenvalue weighted by atomic mass is 16.2. The van der Waals surface area contributed by atoms with Crippen LogP contribution in [-0.4, -0.2) is 18.5 Å². The van der Waals surface area contributed by atoms with E-state index < -0.39 is 0 Å². The number of carbonyl (C=O) groups excluding carboxylic acids is 1. The van der Waals surface area contributed by atoms with Gasteiger partial charge in [-0.2, -0.15) is 0 Å². The SMILES string of the molecule is C=C1CCC(N2CCc3ccccc32)C(=O)N1. The number of amides is 1. The molecule has 1 aromatic rings. The molecular formula is C14H16N2O. The normalized spacial score (nSPS) is 23.5. The van der Waals surface area contributed by atoms with E-state index in [1.165, 1.54) is 11.3 Å². The average Bonchev–Trinajstić information content (AvgIpc) is 2.73. The summed E-state index contributed by atoms with van der Waals surface area (Å²) in [6, 6.07) is 8.33. The number of piperidine rings is 1. The minimum absolute atomic E-state index is 0.0239. The quantitative estimate of drug-likeness (QED) is 0.795. The van der Waals surface area contributed by atoms with Crippen LogP contribution in [0.1, 0.15) is 18.4 Å². The number of carbonyl (C=O) groups is 1. The van der Waals surface area contributed by atoms with Gasteiger partial charge in [-0.3, -0.25) is 4.79 Å². The molecule has 2 aliphatic rings. The Bertz CT molecular complexity index is 481. The van der Waals surface area contributed by atoms with Gasteiger partial charge in [0.15, 0.2) is 0 Å². The number of hydrogen-bond donors (Lipinski definition) is 1. The number of nitrogens with zero attached hydrogens (tertiary/aromatic N) is 1. The van der Waals surface area contributed by atoms with Crippen LogP contribution >= 0.6 is 0 Å². The third-order valence-electron chi connectivity index (χ3n) is 3.62. The van der Waals surface area contributed by atoms with Gasteiger partial charge < -0.3 is 10.2 Å². The smallest absolute Gasteiger partial charge is 0.246 e. The minimum Gasteiger partial charge on any atom is -0.359 e. The van der Waals surface area contributed by atoms with Gasteiger partial charge >= 0.3 is 0 Å². The van der Waals surface area contributed by atoms with Crippen molar-refractivity contribution in [1.29, 1.82) is 0 Å². The molecular weight excluding hydrogens is 212 g/mol. The molecule has 1 aromatic carbocycles. The Kier molecular flexibility index (Phi) is 2.39. The van der Waals surface area contributed by atoms with E-state index in [0.717, 1.165) is 31.5 Å². The molecule has 2 aliphatic heterocycles. The lowest BCUT2D eigenvalue weighted by molar-refractivity contribution is -0.122. The van der Waals surface area contributed by atoms with Crippen LogP contribution in [0, 0.1) is 0 Å². The van der Waals surface area contributed by atoms with Crippen molar-refractivity contribution in [3.8, 4) is 0 Å². The molecule has 0 aromatic heterocycles. The first-order valence-electron chi connectivity index (χ1n) is 6.09. The molecule has 88 valence electrons. The molecule has 2 heterocycles. The lowest BCUT2D eigenvalue weighted by Gasteiger charge is -2.33. The highest BCUT2D eigenvalue weighted by Crippen LogP contribution is 2.31. The van der Waals surface area contributed by atoms with Gasteiger partial charge in [-0.05, 0) is 30.9 Å². The summed E-state index contributed by atoms with van der Waals surface area (Å²) in [5.74, 6) is 0.0953. The standard InChI is InChI=1S/C14H16N2O/c1-10-6-7-13(14(17)15-10)16-9-8-11-4-2-3-5-12(11)16/h2-5,13H,1,6-9H2,(H,15,17). The maximum absolute atomic E-state index is 12.0. The van der Waals surface area contributed by atoms with Crippen LogP contribution in [0.25, 0.3) is 0 Å². The first kappa shape index (κ1) is 10.4. The van der Waals surface area contributed by atoms with Crippen molar-refractivity contribution in [3.63, 3.8) is 0 Å². The van der Waals surface area contributed by atoms with Crippen LogP contribution in [-0.2, 0) is 11.2 Å². The fourth-order valence-corrected chi connectivity index (χ4v) is 2.75. The van der Waals surface area contributed by atoms with Crippen molar-refractivity contribution in [3.05, 3.63) is 42.1 Å². The van der Waals surface area contributed by atoms with Crippen molar-refractivity contribution in [2.75, 3.05) is 11.4 Å². The van der Waals surface area contributed by atoms with Crippen molar-refractivity contribution < 1.29 is 4.79 Å². The molecule has 3 rings (SSSR count). The zero-order valence-electron chi connectivity index (χ0n) is 9.78. The number of allylic oxidation sites excluding steroid dienone is 1. The fraction of sp³-hybridized carbons (Fsp3) is 0.357. The second-order valence-electron chi connectivity index (χ2n) is 4.72. The largest absolute Gasteiger partial charge is 0.359 e. The summed E-state index contributed by atoms with van der Waals surface area (Å²) in [7, 11) is 0. The zero-order chi connectivity index (χ0) is 11.8. The summed E-state index contributed by atoms with van der Waals surface area (Å²) in [5, 5.41) is 2.86. The molecule has 0 spiro atoms. The van der Waals surface area contributed by atoms with Crippen LogP contribution in [0.2, 0.25) is 0 Å². The number of nitrogens with one attached hydrogen (secondary N) is 1. The molecule has 0 bridgehead atoms. The maximum atomic E-state index is 12.0. The molecule has 1 amide bonds. The molecule has 0 aliphatic carbocycles. The Balaban J connectivity index is 1.87. The van der Waals surface area contributed by atoms with E-state index >= 15 is 0 Å². The molecule has 1 atom stereocenters. The second kappa shape index (κ2) is 3.91. The number of hydrogen-bond acceptors (Lipinski definition) is 2. The van der Waals surface area contributed by atoms with E-state index in [0.29, 0.717) is 0 Å². The minimum atomic E-state index is -0.0239. The molecule has 1 fully saturated rings. The molecule has 3 nitrogen and oxygen atoms in total. The fourth-order valence-electron chi connectivity index (χ4n) is 2.75. The lowest BCUT2D eigenvalue weighted by atomic mass is 10.0. The molecule has 1 unspecified atom stereocenters. The Labute approximate surface area is 101 Å². The van der Waals surface area contributed by atoms with Gasteiger partial charge in [-0.25, -0.2) is 0 Å². The second-order valence-corrected chi connectivity index (χ2v) is 4.72. The Morgan fingerprint density at radius 2 is 2.12 bits per heavy atom. The predicted molar refractivity (Wildman–Crippen MR) is 67.8 cm³/mol. The lowest BCUT2D eigenvalue weighted by Crippen LogP contribution is -2.49. The van der Waals surface area contributed by atoms with E-state index in [1.807, 2.05) is 6.07 Å². The van der Waals surface area contributed by atoms with Gasteiger partial charge in [0, 0.05) is 17.9 Å². The van der Waals surface area contributed by atoms with Gasteiger partial charge in [0.2, 0.25) is 5.91 Å². The predicted octanol–water partition coefficient (Wildman–Crippen LogP) is 1.84. The third kappa shape index (κ3) is 1.71. The first-order chi connectivity index (χ1) is 8.25. The number of fused-ring (bicyclic) bond motifs is 1. The summed E-state index contributed by atoms with van der Waals surface area (Å²) < 4.78 is 0. The van der Waals surface area contributed by atoms with Gasteiger partial charge in [-0.1, -0.05) is 24.8 Å². The van der Waals surface area contributed by atoms with E-state index in [-0.39, 0.29) is 11.9 Å². The van der Waals surface area contributed by atoms with E-state index in [1.54, 1.807) is 0 Å². The number of anilines is 1. The highest BCUT2D eigenvalue weighted by molar-refractivity contribution is 5.88. The first-order valence-corrected chi connectivity index (χ1v) is 6.09. The van der Waals surface area contributed by atoms with Gasteiger partial charge in [0.25, 0.3) is 0 Å². The van der Waals surface area contributed by atoms with Crippen molar-refractivity contribution in [2.45, 2.75) is 25.3 Å². The maximum Gasteiger partial charge on any atom is 0.246 e. The average molecular weight is 228 g/mol. The van der Waals surface area contributed by atoms with E-state index in [9.17, 15) is 4.79 Å². The van der Waals surface area contributed by atoms with E-state index in [2.05, 4.69) is 35.0 Å². The van der Waals surface area contributed by atoms with Crippen LogP contribution in [0.5, 0.6) is 0 Å². The topological polar surface area (TPSA) is 32.3 Å². The van der Waals surface area contributed by atoms with Gasteiger partial charge in [0.1, 0.15) is 6.04 Å². The third-order valence-corrected chi connectivity index (χ3v) is 3.62. The number of rotatable bonds is 1. The summed E-state index contributed by atoms with van der Waals surface area (Å²) in [6.07, 6.45) is 2.80. The summed E-state index contributed by atoms with van der Waals surface area (Å²) in [5.41, 5.74) is 3.42. The van der Waals surface area contributed by atoms with Crippen LogP contribution in [0.4, 0.5) is 5.69 Å². The summed E-state index contributed by atoms with van der Waals surface area (Å²) in [6.45, 7) is 4.77. The van der Waals surface area contributed by atoms with Crippen molar-refractivity contribution in [1.82, 2.24) is 5.32 Å². The van der Waals surface area contributed by atoms with Crippen LogP contribution < -0.4 is 10.2 Å². The zero-order valence-corrected chi connectivity index (χ0v) is 9.78. The molecule has 1 N–H and O–H groups in total. The Hall–Kier alpha value is -1.77. The summed E-state index contributed by atoms with van der Waals surface area (Å²) in [4.78, 5) is 14.2. The van der Waals surface area contributed by atoms with Gasteiger partial charge in [-0.15, -0.1) is 0 Å². The monoisotopic (exact) mass is 228 g/mol. The van der Waals surface area contributed by atoms with Crippen molar-refractivity contribution >= 4 is 11.6 Å². The number of benzene rings is 1. The van der Waals surface area contributed by atoms with Gasteiger partial charge in [0.05, 0.1) is 0 Å². The van der Waals surface area contributed by atoms with Crippen LogP contribution in [0.3, 0.4) is 0 Å². The Morgan fingerprint density at radius 1 is 1.29 bits per heavy atom. The van der Waals surface area contributed by atoms with E-state index in [4.69, 9.17) is 0 Å². The number of para-hydroxylation sites is 1. The summed E-state index contributed by atoms with van der Waals surface area (Å²) >= 11 is 0. The molecule has 17 heavy (non-hydrogen) atoms. The molecule has 1 saturated heterocycles.